The molecule has 96 valence electrons. The van der Waals surface area contributed by atoms with Crippen molar-refractivity contribution in [2.75, 3.05) is 12.3 Å². The van der Waals surface area contributed by atoms with Crippen molar-refractivity contribution in [3.05, 3.63) is 29.0 Å². The molecule has 3 N–H and O–H groups in total. The van der Waals surface area contributed by atoms with Crippen molar-refractivity contribution in [1.29, 1.82) is 0 Å². The first-order valence-corrected chi connectivity index (χ1v) is 6.47. The van der Waals surface area contributed by atoms with Crippen LogP contribution in [-0.4, -0.2) is 27.2 Å². The highest BCUT2D eigenvalue weighted by atomic mass is 32.1. The highest BCUT2D eigenvalue weighted by molar-refractivity contribution is 7.09. The summed E-state index contributed by atoms with van der Waals surface area (Å²) in [5, 5.41) is 9.77. The number of carbonyl (C=O) groups is 1. The lowest BCUT2D eigenvalue weighted by Gasteiger charge is -2.10. The van der Waals surface area contributed by atoms with Crippen molar-refractivity contribution in [2.45, 2.75) is 19.4 Å². The van der Waals surface area contributed by atoms with Crippen molar-refractivity contribution >= 4 is 22.9 Å². The lowest BCUT2D eigenvalue weighted by atomic mass is 10.2. The number of nitrogens with two attached hydrogens (primary N) is 1. The van der Waals surface area contributed by atoms with E-state index in [0.29, 0.717) is 12.2 Å². The van der Waals surface area contributed by atoms with Crippen LogP contribution in [0, 0.1) is 0 Å². The molecule has 1 amide bonds. The second kappa shape index (κ2) is 5.63. The SMILES string of the molecule is CC(CNC(=O)Cn1cc(N)cn1)c1nccs1. The summed E-state index contributed by atoms with van der Waals surface area (Å²) < 4.78 is 1.51. The van der Waals surface area contributed by atoms with Gasteiger partial charge in [-0.15, -0.1) is 11.3 Å². The summed E-state index contributed by atoms with van der Waals surface area (Å²) in [7, 11) is 0. The minimum Gasteiger partial charge on any atom is -0.396 e. The van der Waals surface area contributed by atoms with Gasteiger partial charge in [-0.05, 0) is 0 Å². The predicted octanol–water partition coefficient (Wildman–Crippen LogP) is 0.842. The average molecular weight is 265 g/mol. The molecule has 1 atom stereocenters. The van der Waals surface area contributed by atoms with Crippen LogP contribution in [0.3, 0.4) is 0 Å². The molecule has 0 saturated heterocycles. The van der Waals surface area contributed by atoms with Gasteiger partial charge in [-0.3, -0.25) is 9.48 Å². The third kappa shape index (κ3) is 3.30. The number of hydrogen-bond acceptors (Lipinski definition) is 5. The van der Waals surface area contributed by atoms with Crippen LogP contribution in [0.25, 0.3) is 0 Å². The maximum Gasteiger partial charge on any atom is 0.241 e. The summed E-state index contributed by atoms with van der Waals surface area (Å²) in [4.78, 5) is 15.9. The number of anilines is 1. The number of nitrogen functional groups attached to an aromatic ring is 1. The van der Waals surface area contributed by atoms with Crippen molar-refractivity contribution in [3.8, 4) is 0 Å². The molecule has 2 aromatic heterocycles. The number of nitrogens with zero attached hydrogens (tertiary/aromatic N) is 3. The van der Waals surface area contributed by atoms with Gasteiger partial charge in [0, 0.05) is 30.2 Å². The van der Waals surface area contributed by atoms with Gasteiger partial charge in [-0.2, -0.15) is 5.10 Å². The molecule has 0 fully saturated rings. The molecule has 0 radical (unpaired) electrons. The Balaban J connectivity index is 1.78. The summed E-state index contributed by atoms with van der Waals surface area (Å²) in [5.41, 5.74) is 6.07. The monoisotopic (exact) mass is 265 g/mol. The minimum absolute atomic E-state index is 0.0819. The summed E-state index contributed by atoms with van der Waals surface area (Å²) in [6, 6.07) is 0. The van der Waals surface area contributed by atoms with E-state index in [9.17, 15) is 4.79 Å². The van der Waals surface area contributed by atoms with Crippen LogP contribution in [-0.2, 0) is 11.3 Å². The van der Waals surface area contributed by atoms with E-state index in [1.807, 2.05) is 12.3 Å². The summed E-state index contributed by atoms with van der Waals surface area (Å²) in [5.74, 6) is 0.137. The van der Waals surface area contributed by atoms with Crippen LogP contribution in [0.5, 0.6) is 0 Å². The zero-order valence-electron chi connectivity index (χ0n) is 10.0. The maximum atomic E-state index is 11.7. The van der Waals surface area contributed by atoms with Crippen molar-refractivity contribution in [1.82, 2.24) is 20.1 Å². The largest absolute Gasteiger partial charge is 0.396 e. The van der Waals surface area contributed by atoms with E-state index in [2.05, 4.69) is 15.4 Å². The zero-order chi connectivity index (χ0) is 13.0. The Morgan fingerprint density at radius 1 is 1.67 bits per heavy atom. The van der Waals surface area contributed by atoms with Gasteiger partial charge in [0.15, 0.2) is 0 Å². The van der Waals surface area contributed by atoms with Crippen LogP contribution in [0.2, 0.25) is 0 Å². The lowest BCUT2D eigenvalue weighted by molar-refractivity contribution is -0.121. The van der Waals surface area contributed by atoms with E-state index in [0.717, 1.165) is 5.01 Å². The minimum atomic E-state index is -0.0819. The fourth-order valence-corrected chi connectivity index (χ4v) is 2.20. The molecule has 2 aromatic rings. The van der Waals surface area contributed by atoms with Crippen molar-refractivity contribution < 1.29 is 4.79 Å². The molecular weight excluding hydrogens is 250 g/mol. The normalized spacial score (nSPS) is 12.3. The molecule has 18 heavy (non-hydrogen) atoms. The van der Waals surface area contributed by atoms with Gasteiger partial charge in [-0.25, -0.2) is 4.98 Å². The fourth-order valence-electron chi connectivity index (χ4n) is 1.50. The third-order valence-electron chi connectivity index (χ3n) is 2.44. The van der Waals surface area contributed by atoms with Crippen LogP contribution < -0.4 is 11.1 Å². The van der Waals surface area contributed by atoms with Gasteiger partial charge < -0.3 is 11.1 Å². The van der Waals surface area contributed by atoms with E-state index >= 15 is 0 Å². The highest BCUT2D eigenvalue weighted by Crippen LogP contribution is 2.16. The van der Waals surface area contributed by atoms with E-state index in [4.69, 9.17) is 5.73 Å². The fraction of sp³-hybridized carbons (Fsp3) is 0.364. The zero-order valence-corrected chi connectivity index (χ0v) is 10.9. The Morgan fingerprint density at radius 2 is 2.50 bits per heavy atom. The second-order valence-electron chi connectivity index (χ2n) is 4.05. The molecule has 2 rings (SSSR count). The first kappa shape index (κ1) is 12.6. The molecule has 1 unspecified atom stereocenters. The number of rotatable bonds is 5. The number of nitrogens with one attached hydrogen (secondary N) is 1. The van der Waals surface area contributed by atoms with Crippen LogP contribution >= 0.6 is 11.3 Å². The summed E-state index contributed by atoms with van der Waals surface area (Å²) >= 11 is 1.59. The van der Waals surface area contributed by atoms with E-state index in [1.165, 1.54) is 10.9 Å². The van der Waals surface area contributed by atoms with Crippen LogP contribution in [0.1, 0.15) is 17.8 Å². The Bertz CT molecular complexity index is 507. The van der Waals surface area contributed by atoms with Gasteiger partial charge in [-0.1, -0.05) is 6.92 Å². The Morgan fingerprint density at radius 3 is 3.11 bits per heavy atom. The quantitative estimate of drug-likeness (QED) is 0.839. The number of carbonyl (C=O) groups excluding carboxylic acids is 1. The van der Waals surface area contributed by atoms with Gasteiger partial charge in [0.1, 0.15) is 6.54 Å². The number of thiazole rings is 1. The molecule has 7 heteroatoms. The molecule has 0 aliphatic carbocycles. The highest BCUT2D eigenvalue weighted by Gasteiger charge is 2.10. The van der Waals surface area contributed by atoms with Gasteiger partial charge in [0.25, 0.3) is 0 Å². The Kier molecular flexibility index (Phi) is 3.93. The van der Waals surface area contributed by atoms with E-state index in [1.54, 1.807) is 23.7 Å². The van der Waals surface area contributed by atoms with Crippen LogP contribution in [0.4, 0.5) is 5.69 Å². The topological polar surface area (TPSA) is 85.8 Å². The van der Waals surface area contributed by atoms with Gasteiger partial charge >= 0.3 is 0 Å². The van der Waals surface area contributed by atoms with Gasteiger partial charge in [0.05, 0.1) is 16.9 Å². The smallest absolute Gasteiger partial charge is 0.241 e. The van der Waals surface area contributed by atoms with Gasteiger partial charge in [0.2, 0.25) is 5.91 Å². The van der Waals surface area contributed by atoms with E-state index in [-0.39, 0.29) is 18.4 Å². The number of aromatic nitrogens is 3. The molecule has 0 bridgehead atoms. The Hall–Kier alpha value is -1.89. The van der Waals surface area contributed by atoms with Crippen molar-refractivity contribution in [3.63, 3.8) is 0 Å². The molecule has 0 saturated carbocycles. The standard InChI is InChI=1S/C11H15N5OS/c1-8(11-13-2-3-18-11)4-14-10(17)7-16-6-9(12)5-15-16/h2-3,5-6,8H,4,7,12H2,1H3,(H,14,17). The Labute approximate surface area is 109 Å². The van der Waals surface area contributed by atoms with Crippen LogP contribution in [0.15, 0.2) is 24.0 Å². The molecule has 0 spiro atoms. The second-order valence-corrected chi connectivity index (χ2v) is 4.97. The summed E-state index contributed by atoms with van der Waals surface area (Å²) in [6.45, 7) is 2.79. The molecule has 6 nitrogen and oxygen atoms in total. The molecular formula is C11H15N5OS. The third-order valence-corrected chi connectivity index (χ3v) is 3.44. The first-order valence-electron chi connectivity index (χ1n) is 5.59. The lowest BCUT2D eigenvalue weighted by Crippen LogP contribution is -2.30. The van der Waals surface area contributed by atoms with E-state index < -0.39 is 0 Å². The summed E-state index contributed by atoms with van der Waals surface area (Å²) in [6.07, 6.45) is 4.92. The number of amides is 1. The molecule has 0 aromatic carbocycles. The van der Waals surface area contributed by atoms with Crippen molar-refractivity contribution in [2.24, 2.45) is 0 Å². The first-order chi connectivity index (χ1) is 8.65. The number of hydrogen-bond donors (Lipinski definition) is 2. The molecule has 0 aliphatic rings. The average Bonchev–Trinajstić information content (AvgIpc) is 2.97. The maximum absolute atomic E-state index is 11.7. The predicted molar refractivity (Wildman–Crippen MR) is 70.2 cm³/mol. The molecule has 2 heterocycles. The molecule has 0 aliphatic heterocycles.